The van der Waals surface area contributed by atoms with Crippen molar-refractivity contribution in [3.8, 4) is 16.9 Å². The summed E-state index contributed by atoms with van der Waals surface area (Å²) in [4.78, 5) is 33.0. The van der Waals surface area contributed by atoms with Crippen LogP contribution in [0.25, 0.3) is 11.1 Å². The van der Waals surface area contributed by atoms with Crippen LogP contribution in [0.1, 0.15) is 68.2 Å². The molecule has 47 heavy (non-hydrogen) atoms. The van der Waals surface area contributed by atoms with Gasteiger partial charge < -0.3 is 14.5 Å². The molecule has 3 amide bonds. The maximum atomic E-state index is 14.6. The van der Waals surface area contributed by atoms with Gasteiger partial charge in [-0.2, -0.15) is 0 Å². The van der Waals surface area contributed by atoms with E-state index < -0.39 is 0 Å². The van der Waals surface area contributed by atoms with Crippen LogP contribution in [0, 0.1) is 6.92 Å². The van der Waals surface area contributed by atoms with Crippen molar-refractivity contribution in [2.24, 2.45) is 0 Å². The molecule has 0 bridgehead atoms. The Hall–Kier alpha value is -4.00. The molecule has 0 N–H and O–H groups in total. The third-order valence-electron chi connectivity index (χ3n) is 9.07. The molecule has 0 aromatic heterocycles. The first-order valence-corrected chi connectivity index (χ1v) is 17.2. The van der Waals surface area contributed by atoms with Gasteiger partial charge >= 0.3 is 6.03 Å². The lowest BCUT2D eigenvalue weighted by atomic mass is 9.86. The first-order chi connectivity index (χ1) is 22.8. The summed E-state index contributed by atoms with van der Waals surface area (Å²) in [6.07, 6.45) is 2.10. The monoisotopic (exact) mass is 671 g/mol. The Morgan fingerprint density at radius 2 is 1.57 bits per heavy atom. The van der Waals surface area contributed by atoms with E-state index in [2.05, 4.69) is 12.1 Å². The van der Waals surface area contributed by atoms with Gasteiger partial charge in [0.05, 0.1) is 30.1 Å². The third-order valence-corrected chi connectivity index (χ3v) is 9.70. The molecule has 1 atom stereocenters. The Morgan fingerprint density at radius 1 is 0.851 bits per heavy atom. The predicted octanol–water partition coefficient (Wildman–Crippen LogP) is 10.4. The quantitative estimate of drug-likeness (QED) is 0.196. The van der Waals surface area contributed by atoms with E-state index in [1.54, 1.807) is 12.0 Å². The standard InChI is InChI=1S/C37H37Cl2N3O3.C2H6/c1-4-40-19-18-26(14-17-35(40)43)27-20-30(29-9-5-6-10-32(29)38)31-23-41(22-25-12-15-28(45-3)16-13-25)37(44)42(34(31)21-27)36-24(2)8-7-11-33(36)39;1-2/h5-13,15-16,20-21,26H,4,14,17-19,22-23H2,1-3H3;1-2H3. The molecular weight excluding hydrogens is 629 g/mol. The van der Waals surface area contributed by atoms with Crippen LogP contribution in [0.15, 0.2) is 78.9 Å². The highest BCUT2D eigenvalue weighted by atomic mass is 35.5. The Kier molecular flexibility index (Phi) is 11.2. The highest BCUT2D eigenvalue weighted by molar-refractivity contribution is 6.34. The first kappa shape index (κ1) is 34.3. The molecule has 0 spiro atoms. The van der Waals surface area contributed by atoms with E-state index in [0.29, 0.717) is 48.3 Å². The van der Waals surface area contributed by atoms with Gasteiger partial charge in [0.1, 0.15) is 5.75 Å². The Bertz CT molecular complexity index is 1720. The van der Waals surface area contributed by atoms with Gasteiger partial charge in [0.25, 0.3) is 0 Å². The number of hydrogen-bond donors (Lipinski definition) is 0. The highest BCUT2D eigenvalue weighted by Gasteiger charge is 2.36. The SMILES string of the molecule is CC.CCN1CCC(c2cc(-c3ccccc3Cl)c3c(c2)N(c2c(C)cccc2Cl)C(=O)N(Cc2ccc(OC)cc2)C3)CCC1=O. The number of amides is 3. The lowest BCUT2D eigenvalue weighted by Crippen LogP contribution is -2.45. The van der Waals surface area contributed by atoms with E-state index >= 15 is 0 Å². The Labute approximate surface area is 288 Å². The second kappa shape index (κ2) is 15.3. The van der Waals surface area contributed by atoms with Crippen LogP contribution in [0.2, 0.25) is 10.0 Å². The number of halogens is 2. The minimum atomic E-state index is -0.148. The predicted molar refractivity (Wildman–Crippen MR) is 193 cm³/mol. The number of urea groups is 1. The number of nitrogens with zero attached hydrogens (tertiary/aromatic N) is 3. The van der Waals surface area contributed by atoms with Crippen molar-refractivity contribution < 1.29 is 14.3 Å². The van der Waals surface area contributed by atoms with Crippen LogP contribution >= 0.6 is 23.2 Å². The molecular formula is C39H43Cl2N3O3. The molecule has 4 aromatic rings. The summed E-state index contributed by atoms with van der Waals surface area (Å²) >= 11 is 13.8. The second-order valence-electron chi connectivity index (χ2n) is 11.8. The van der Waals surface area contributed by atoms with Gasteiger partial charge in [-0.15, -0.1) is 0 Å². The smallest absolute Gasteiger partial charge is 0.329 e. The van der Waals surface area contributed by atoms with Crippen molar-refractivity contribution in [3.63, 3.8) is 0 Å². The zero-order valence-corrected chi connectivity index (χ0v) is 29.4. The lowest BCUT2D eigenvalue weighted by molar-refractivity contribution is -0.130. The number of hydrogen-bond acceptors (Lipinski definition) is 3. The van der Waals surface area contributed by atoms with Crippen LogP contribution in [-0.4, -0.2) is 41.9 Å². The molecule has 246 valence electrons. The first-order valence-electron chi connectivity index (χ1n) is 16.5. The Morgan fingerprint density at radius 3 is 2.26 bits per heavy atom. The summed E-state index contributed by atoms with van der Waals surface area (Å²) < 4.78 is 5.35. The molecule has 2 aliphatic heterocycles. The van der Waals surface area contributed by atoms with Gasteiger partial charge in [0.15, 0.2) is 0 Å². The summed E-state index contributed by atoms with van der Waals surface area (Å²) in [6, 6.07) is 25.6. The van der Waals surface area contributed by atoms with E-state index in [9.17, 15) is 9.59 Å². The molecule has 0 radical (unpaired) electrons. The van der Waals surface area contributed by atoms with Crippen LogP contribution in [0.3, 0.4) is 0 Å². The molecule has 0 aliphatic carbocycles. The van der Waals surface area contributed by atoms with E-state index in [-0.39, 0.29) is 17.9 Å². The fourth-order valence-electron chi connectivity index (χ4n) is 6.60. The molecule has 1 fully saturated rings. The second-order valence-corrected chi connectivity index (χ2v) is 12.6. The number of likely N-dealkylation sites (tertiary alicyclic amines) is 1. The van der Waals surface area contributed by atoms with Gasteiger partial charge in [-0.05, 0) is 85.2 Å². The summed E-state index contributed by atoms with van der Waals surface area (Å²) in [5, 5.41) is 1.15. The van der Waals surface area contributed by atoms with Gasteiger partial charge in [-0.3, -0.25) is 9.69 Å². The minimum Gasteiger partial charge on any atom is -0.497 e. The molecule has 2 aliphatic rings. The fourth-order valence-corrected chi connectivity index (χ4v) is 7.15. The molecule has 6 nitrogen and oxygen atoms in total. The number of fused-ring (bicyclic) bond motifs is 1. The van der Waals surface area contributed by atoms with Gasteiger partial charge in [-0.1, -0.05) is 85.6 Å². The van der Waals surface area contributed by atoms with Gasteiger partial charge in [-0.25, -0.2) is 4.79 Å². The number of aryl methyl sites for hydroxylation is 1. The van der Waals surface area contributed by atoms with Crippen molar-refractivity contribution in [3.05, 3.63) is 111 Å². The number of para-hydroxylation sites is 1. The normalized spacial score (nSPS) is 16.3. The Balaban J connectivity index is 0.00000213. The zero-order valence-electron chi connectivity index (χ0n) is 27.9. The number of ether oxygens (including phenoxy) is 1. The highest BCUT2D eigenvalue weighted by Crippen LogP contribution is 2.47. The average Bonchev–Trinajstić information content (AvgIpc) is 3.28. The van der Waals surface area contributed by atoms with Crippen LogP contribution in [-0.2, 0) is 17.9 Å². The largest absolute Gasteiger partial charge is 0.497 e. The topological polar surface area (TPSA) is 53.1 Å². The zero-order chi connectivity index (χ0) is 33.7. The maximum Gasteiger partial charge on any atom is 0.329 e. The summed E-state index contributed by atoms with van der Waals surface area (Å²) in [7, 11) is 1.64. The van der Waals surface area contributed by atoms with E-state index in [4.69, 9.17) is 27.9 Å². The van der Waals surface area contributed by atoms with Gasteiger partial charge in [0, 0.05) is 42.2 Å². The number of carbonyl (C=O) groups excluding carboxylic acids is 2. The average molecular weight is 673 g/mol. The van der Waals surface area contributed by atoms with E-state index in [1.807, 2.05) is 104 Å². The molecule has 4 aromatic carbocycles. The van der Waals surface area contributed by atoms with E-state index in [0.717, 1.165) is 57.7 Å². The molecule has 1 saturated heterocycles. The maximum absolute atomic E-state index is 14.6. The van der Waals surface area contributed by atoms with Gasteiger partial charge in [0.2, 0.25) is 5.91 Å². The molecule has 1 unspecified atom stereocenters. The lowest BCUT2D eigenvalue weighted by Gasteiger charge is -2.40. The summed E-state index contributed by atoms with van der Waals surface area (Å²) in [6.45, 7) is 10.2. The number of rotatable bonds is 7. The number of anilines is 2. The molecule has 6 rings (SSSR count). The third kappa shape index (κ3) is 7.14. The van der Waals surface area contributed by atoms with Crippen molar-refractivity contribution in [1.82, 2.24) is 9.80 Å². The van der Waals surface area contributed by atoms with Crippen LogP contribution < -0.4 is 9.64 Å². The molecule has 0 saturated carbocycles. The van der Waals surface area contributed by atoms with E-state index in [1.165, 1.54) is 0 Å². The van der Waals surface area contributed by atoms with Crippen LogP contribution in [0.4, 0.5) is 16.2 Å². The van der Waals surface area contributed by atoms with Crippen molar-refractivity contribution in [2.75, 3.05) is 25.1 Å². The van der Waals surface area contributed by atoms with Crippen LogP contribution in [0.5, 0.6) is 5.75 Å². The number of benzene rings is 4. The number of carbonyl (C=O) groups is 2. The minimum absolute atomic E-state index is 0.148. The fraction of sp³-hybridized carbons (Fsp3) is 0.333. The molecule has 2 heterocycles. The van der Waals surface area contributed by atoms with Crippen molar-refractivity contribution >= 4 is 46.5 Å². The van der Waals surface area contributed by atoms with Crippen molar-refractivity contribution in [1.29, 1.82) is 0 Å². The van der Waals surface area contributed by atoms with Crippen molar-refractivity contribution in [2.45, 2.75) is 66.0 Å². The summed E-state index contributed by atoms with van der Waals surface area (Å²) in [5.74, 6) is 1.11. The number of methoxy groups -OCH3 is 1. The molecule has 8 heteroatoms. The summed E-state index contributed by atoms with van der Waals surface area (Å²) in [5.41, 5.74) is 7.35.